The van der Waals surface area contributed by atoms with Crippen LogP contribution in [0.25, 0.3) is 10.2 Å². The second kappa shape index (κ2) is 9.55. The van der Waals surface area contributed by atoms with Gasteiger partial charge in [-0.25, -0.2) is 9.37 Å². The summed E-state index contributed by atoms with van der Waals surface area (Å²) in [5, 5.41) is 4.17. The SMILES string of the molecule is O=C(NC1CCN(Cc2ccccc2)CC1)C1CCN(c2nc3c(F)cccc3s2)CC1. The summed E-state index contributed by atoms with van der Waals surface area (Å²) >= 11 is 1.53. The third kappa shape index (κ3) is 4.79. The molecule has 0 atom stereocenters. The van der Waals surface area contributed by atoms with Crippen molar-refractivity contribution >= 4 is 32.6 Å². The highest BCUT2D eigenvalue weighted by atomic mass is 32.1. The number of para-hydroxylation sites is 1. The molecule has 32 heavy (non-hydrogen) atoms. The molecule has 0 unspecified atom stereocenters. The van der Waals surface area contributed by atoms with E-state index < -0.39 is 0 Å². The van der Waals surface area contributed by atoms with E-state index in [0.29, 0.717) is 5.52 Å². The van der Waals surface area contributed by atoms with E-state index in [0.717, 1.165) is 68.2 Å². The van der Waals surface area contributed by atoms with Crippen molar-refractivity contribution in [2.24, 2.45) is 5.92 Å². The second-order valence-corrected chi connectivity index (χ2v) is 9.90. The number of aromatic nitrogens is 1. The first-order valence-electron chi connectivity index (χ1n) is 11.5. The molecular formula is C25H29FN4OS. The highest BCUT2D eigenvalue weighted by molar-refractivity contribution is 7.22. The van der Waals surface area contributed by atoms with Crippen LogP contribution < -0.4 is 10.2 Å². The quantitative estimate of drug-likeness (QED) is 0.622. The molecule has 1 aromatic heterocycles. The van der Waals surface area contributed by atoms with Crippen molar-refractivity contribution < 1.29 is 9.18 Å². The number of anilines is 1. The summed E-state index contributed by atoms with van der Waals surface area (Å²) in [6.07, 6.45) is 3.65. The maximum Gasteiger partial charge on any atom is 0.223 e. The minimum Gasteiger partial charge on any atom is -0.353 e. The third-order valence-corrected chi connectivity index (χ3v) is 7.76. The van der Waals surface area contributed by atoms with Crippen molar-refractivity contribution in [2.45, 2.75) is 38.3 Å². The van der Waals surface area contributed by atoms with Gasteiger partial charge in [0.2, 0.25) is 5.91 Å². The Morgan fingerprint density at radius 2 is 1.75 bits per heavy atom. The molecule has 0 spiro atoms. The molecule has 3 heterocycles. The number of fused-ring (bicyclic) bond motifs is 1. The Balaban J connectivity index is 1.08. The van der Waals surface area contributed by atoms with Crippen LogP contribution in [0.3, 0.4) is 0 Å². The fraction of sp³-hybridized carbons (Fsp3) is 0.440. The van der Waals surface area contributed by atoms with Gasteiger partial charge in [-0.05, 0) is 43.4 Å². The van der Waals surface area contributed by atoms with Crippen LogP contribution in [-0.2, 0) is 11.3 Å². The number of carbonyl (C=O) groups is 1. The van der Waals surface area contributed by atoms with Gasteiger partial charge in [-0.1, -0.05) is 47.7 Å². The monoisotopic (exact) mass is 452 g/mol. The lowest BCUT2D eigenvalue weighted by molar-refractivity contribution is -0.126. The summed E-state index contributed by atoms with van der Waals surface area (Å²) in [5.41, 5.74) is 1.79. The van der Waals surface area contributed by atoms with E-state index in [-0.39, 0.29) is 23.7 Å². The average Bonchev–Trinajstić information content (AvgIpc) is 3.27. The molecular weight excluding hydrogens is 423 g/mol. The van der Waals surface area contributed by atoms with Gasteiger partial charge in [-0.3, -0.25) is 9.69 Å². The minimum atomic E-state index is -0.269. The molecule has 7 heteroatoms. The van der Waals surface area contributed by atoms with Crippen LogP contribution in [0.1, 0.15) is 31.2 Å². The van der Waals surface area contributed by atoms with E-state index in [1.54, 1.807) is 6.07 Å². The number of rotatable bonds is 5. The van der Waals surface area contributed by atoms with Crippen LogP contribution in [0.5, 0.6) is 0 Å². The molecule has 2 fully saturated rings. The van der Waals surface area contributed by atoms with Crippen LogP contribution in [0.2, 0.25) is 0 Å². The molecule has 0 bridgehead atoms. The predicted molar refractivity (Wildman–Crippen MR) is 127 cm³/mol. The molecule has 5 nitrogen and oxygen atoms in total. The van der Waals surface area contributed by atoms with Crippen molar-refractivity contribution in [1.82, 2.24) is 15.2 Å². The summed E-state index contributed by atoms with van der Waals surface area (Å²) in [4.78, 5) is 22.0. The third-order valence-electron chi connectivity index (χ3n) is 6.68. The van der Waals surface area contributed by atoms with Gasteiger partial charge in [0.05, 0.1) is 4.70 Å². The Kier molecular flexibility index (Phi) is 6.37. The molecule has 0 saturated carbocycles. The van der Waals surface area contributed by atoms with Crippen LogP contribution in [0.15, 0.2) is 48.5 Å². The second-order valence-electron chi connectivity index (χ2n) is 8.89. The summed E-state index contributed by atoms with van der Waals surface area (Å²) in [5.74, 6) is -0.0182. The first kappa shape index (κ1) is 21.3. The van der Waals surface area contributed by atoms with Crippen molar-refractivity contribution in [2.75, 3.05) is 31.1 Å². The molecule has 2 saturated heterocycles. The summed E-state index contributed by atoms with van der Waals surface area (Å²) in [6.45, 7) is 4.60. The average molecular weight is 453 g/mol. The molecule has 1 N–H and O–H groups in total. The maximum absolute atomic E-state index is 14.0. The van der Waals surface area contributed by atoms with Crippen molar-refractivity contribution in [3.63, 3.8) is 0 Å². The first-order chi connectivity index (χ1) is 15.7. The molecule has 2 aliphatic heterocycles. The summed E-state index contributed by atoms with van der Waals surface area (Å²) in [7, 11) is 0. The molecule has 1 amide bonds. The minimum absolute atomic E-state index is 0.0553. The molecule has 168 valence electrons. The highest BCUT2D eigenvalue weighted by Gasteiger charge is 2.29. The van der Waals surface area contributed by atoms with Crippen molar-refractivity contribution in [3.8, 4) is 0 Å². The Morgan fingerprint density at radius 1 is 1.00 bits per heavy atom. The van der Waals surface area contributed by atoms with Gasteiger partial charge in [-0.2, -0.15) is 0 Å². The van der Waals surface area contributed by atoms with Crippen LogP contribution >= 0.6 is 11.3 Å². The number of hydrogen-bond acceptors (Lipinski definition) is 5. The summed E-state index contributed by atoms with van der Waals surface area (Å²) < 4.78 is 14.8. The zero-order valence-corrected chi connectivity index (χ0v) is 19.0. The molecule has 2 aliphatic rings. The first-order valence-corrected chi connectivity index (χ1v) is 12.3. The summed E-state index contributed by atoms with van der Waals surface area (Å²) in [6, 6.07) is 15.9. The van der Waals surface area contributed by atoms with E-state index in [9.17, 15) is 9.18 Å². The number of nitrogens with zero attached hydrogens (tertiary/aromatic N) is 3. The zero-order valence-electron chi connectivity index (χ0n) is 18.2. The van der Waals surface area contributed by atoms with Gasteiger partial charge in [0, 0.05) is 44.7 Å². The van der Waals surface area contributed by atoms with E-state index >= 15 is 0 Å². The fourth-order valence-electron chi connectivity index (χ4n) is 4.77. The Bertz CT molecular complexity index is 1060. The van der Waals surface area contributed by atoms with Gasteiger partial charge in [0.1, 0.15) is 11.3 Å². The van der Waals surface area contributed by atoms with Crippen LogP contribution in [0.4, 0.5) is 9.52 Å². The number of benzene rings is 2. The van der Waals surface area contributed by atoms with E-state index in [1.807, 2.05) is 6.07 Å². The molecule has 0 radical (unpaired) electrons. The highest BCUT2D eigenvalue weighted by Crippen LogP contribution is 2.32. The fourth-order valence-corrected chi connectivity index (χ4v) is 5.80. The number of carbonyl (C=O) groups excluding carboxylic acids is 1. The van der Waals surface area contributed by atoms with E-state index in [2.05, 4.69) is 50.4 Å². The Labute approximate surface area is 192 Å². The number of halogens is 1. The largest absolute Gasteiger partial charge is 0.353 e. The molecule has 3 aromatic rings. The number of nitrogens with one attached hydrogen (secondary N) is 1. The van der Waals surface area contributed by atoms with Gasteiger partial charge in [-0.15, -0.1) is 0 Å². The van der Waals surface area contributed by atoms with E-state index in [4.69, 9.17) is 0 Å². The van der Waals surface area contributed by atoms with Gasteiger partial charge < -0.3 is 10.2 Å². The van der Waals surface area contributed by atoms with Crippen molar-refractivity contribution in [1.29, 1.82) is 0 Å². The number of thiazole rings is 1. The van der Waals surface area contributed by atoms with Gasteiger partial charge in [0.25, 0.3) is 0 Å². The van der Waals surface area contributed by atoms with Gasteiger partial charge in [0.15, 0.2) is 5.13 Å². The zero-order chi connectivity index (χ0) is 21.9. The molecule has 5 rings (SSSR count). The number of hydrogen-bond donors (Lipinski definition) is 1. The molecule has 2 aromatic carbocycles. The topological polar surface area (TPSA) is 48.5 Å². The molecule has 0 aliphatic carbocycles. The predicted octanol–water partition coefficient (Wildman–Crippen LogP) is 4.43. The number of piperidine rings is 2. The normalized spacial score (nSPS) is 18.8. The Hall–Kier alpha value is -2.51. The Morgan fingerprint density at radius 3 is 2.47 bits per heavy atom. The standard InChI is InChI=1S/C25H29FN4OS/c26-21-7-4-8-22-23(21)28-25(32-22)30-15-9-19(10-16-30)24(31)27-20-11-13-29(14-12-20)17-18-5-2-1-3-6-18/h1-8,19-20H,9-17H2,(H,27,31). The van der Waals surface area contributed by atoms with Crippen LogP contribution in [0, 0.1) is 11.7 Å². The lowest BCUT2D eigenvalue weighted by Crippen LogP contribution is -2.48. The van der Waals surface area contributed by atoms with Crippen LogP contribution in [-0.4, -0.2) is 48.0 Å². The lowest BCUT2D eigenvalue weighted by atomic mass is 9.95. The van der Waals surface area contributed by atoms with E-state index in [1.165, 1.54) is 23.0 Å². The van der Waals surface area contributed by atoms with Crippen molar-refractivity contribution in [3.05, 3.63) is 59.9 Å². The lowest BCUT2D eigenvalue weighted by Gasteiger charge is -2.35. The number of amides is 1. The number of likely N-dealkylation sites (tertiary alicyclic amines) is 1. The maximum atomic E-state index is 14.0. The van der Waals surface area contributed by atoms with Gasteiger partial charge >= 0.3 is 0 Å². The smallest absolute Gasteiger partial charge is 0.223 e.